The van der Waals surface area contributed by atoms with Crippen LogP contribution in [0, 0.1) is 12.0 Å². The van der Waals surface area contributed by atoms with Crippen LogP contribution in [-0.2, 0) is 44.7 Å². The number of rotatable bonds is 9. The number of imide groups is 1. The molecule has 280 valence electrons. The van der Waals surface area contributed by atoms with Crippen LogP contribution in [0.1, 0.15) is 0 Å². The summed E-state index contributed by atoms with van der Waals surface area (Å²) < 4.78 is 139. The molecule has 0 atom stereocenters. The van der Waals surface area contributed by atoms with Crippen LogP contribution in [0.4, 0.5) is 26.0 Å². The van der Waals surface area contributed by atoms with Crippen LogP contribution in [-0.4, -0.2) is 92.5 Å². The van der Waals surface area contributed by atoms with Crippen LogP contribution in [0.3, 0.4) is 0 Å². The van der Waals surface area contributed by atoms with E-state index in [2.05, 4.69) is 30.6 Å². The van der Waals surface area contributed by atoms with E-state index in [-0.39, 0.29) is 88.7 Å². The second kappa shape index (κ2) is 17.6. The van der Waals surface area contributed by atoms with Crippen LogP contribution >= 0.6 is 11.6 Å². The fraction of sp³-hybridized carbons (Fsp3) is 0. The summed E-state index contributed by atoms with van der Waals surface area (Å²) in [5.74, 6) is -6.51. The molecule has 22 nitrogen and oxygen atoms in total. The third-order valence-corrected chi connectivity index (χ3v) is 10.0. The van der Waals surface area contributed by atoms with Crippen molar-refractivity contribution in [3.05, 3.63) is 65.1 Å². The smallest absolute Gasteiger partial charge is 0.744 e. The Hall–Kier alpha value is -3.10. The number of anilines is 3. The first kappa shape index (κ1) is 48.3. The molecule has 31 heteroatoms. The Morgan fingerprint density at radius 1 is 0.877 bits per heavy atom. The number of aliphatic carboxylic acids is 1. The number of hydrazone groups is 1. The van der Waals surface area contributed by atoms with Gasteiger partial charge in [0.05, 0.1) is 31.6 Å². The van der Waals surface area contributed by atoms with E-state index in [0.29, 0.717) is 29.1 Å². The molecule has 0 saturated carbocycles. The van der Waals surface area contributed by atoms with Crippen molar-refractivity contribution in [3.8, 4) is 5.69 Å². The number of carbonyl (C=O) groups excluding carboxylic acids is 2. The quantitative estimate of drug-likeness (QED) is 0.0266. The van der Waals surface area contributed by atoms with E-state index < -0.39 is 136 Å². The van der Waals surface area contributed by atoms with Gasteiger partial charge in [-0.1, -0.05) is 11.6 Å². The first-order valence-electron chi connectivity index (χ1n) is 13.7. The number of carboxylic acids is 1. The summed E-state index contributed by atoms with van der Waals surface area (Å²) in [6.45, 7) is 0. The predicted molar refractivity (Wildman–Crippen MR) is 170 cm³/mol. The van der Waals surface area contributed by atoms with Gasteiger partial charge in [0.2, 0.25) is 5.95 Å². The molecule has 0 aliphatic carbocycles. The summed E-state index contributed by atoms with van der Waals surface area (Å²) >= 11 is 5.74. The van der Waals surface area contributed by atoms with Gasteiger partial charge in [0.1, 0.15) is 46.4 Å². The van der Waals surface area contributed by atoms with E-state index in [0.717, 1.165) is 18.2 Å². The first-order valence-corrected chi connectivity index (χ1v) is 18.3. The molecule has 0 spiro atoms. The molecule has 4 N–H and O–H groups in total. The van der Waals surface area contributed by atoms with Crippen LogP contribution in [0.15, 0.2) is 67.8 Å². The molecule has 0 fully saturated rings. The molecule has 57 heavy (non-hydrogen) atoms. The number of fused-ring (bicyclic) bond motifs is 3. The Bertz CT molecular complexity index is 2970. The monoisotopic (exact) mass is 895 g/mol. The van der Waals surface area contributed by atoms with E-state index >= 15 is 0 Å². The predicted octanol–water partition coefficient (Wildman–Crippen LogP) is -8.80. The Morgan fingerprint density at radius 2 is 1.51 bits per heavy atom. The summed E-state index contributed by atoms with van der Waals surface area (Å²) in [5, 5.41) is 22.3. The van der Waals surface area contributed by atoms with E-state index in [1.165, 1.54) is 0 Å². The Morgan fingerprint density at radius 3 is 2.11 bits per heavy atom. The van der Waals surface area contributed by atoms with Gasteiger partial charge in [0.15, 0.2) is 11.5 Å². The van der Waals surface area contributed by atoms with Gasteiger partial charge in [-0.2, -0.15) is 28.6 Å². The van der Waals surface area contributed by atoms with Crippen molar-refractivity contribution >= 4 is 104 Å². The molecule has 1 aliphatic heterocycles. The third-order valence-electron chi connectivity index (χ3n) is 7.06. The maximum Gasteiger partial charge on any atom is 1.00 e. The second-order valence-electron chi connectivity index (χ2n) is 10.5. The molecule has 5 aromatic rings. The van der Waals surface area contributed by atoms with Crippen molar-refractivity contribution in [3.63, 3.8) is 0 Å². The minimum Gasteiger partial charge on any atom is -0.744 e. The topological polar surface area (TPSA) is 348 Å². The molecule has 3 heterocycles. The van der Waals surface area contributed by atoms with Crippen molar-refractivity contribution in [1.82, 2.24) is 30.3 Å². The summed E-state index contributed by atoms with van der Waals surface area (Å²) in [6, 6.07) is 4.42. The number of amides is 2. The number of carbonyl (C=O) groups is 3. The standard InChI is InChI=1S/C26H14ClF2N9O13S3.3Na/c27-19-22(28)32-26(29)33-23(19)30-8-3-10-14(52(43,44)45)7-13-21(18(10)16(4-8)54(49,50)51)37-38(36-13)9-1-2-12(15(5-9)53(46,47)48)34-35-20-11(25(41)42)6-17(39)31-24(20)40;;;/h1-7,34H,(H,41,42)(H,30,32,33)(H,31,39,40)(H,43,44,45)(H,46,47,48)(H,49,50,51);;;/q;3*+1/p-3/b35-20-;;;. The van der Waals surface area contributed by atoms with Gasteiger partial charge < -0.3 is 24.1 Å². The second-order valence-corrected chi connectivity index (χ2v) is 14.9. The average molecular weight is 896 g/mol. The molecule has 2 aromatic heterocycles. The van der Waals surface area contributed by atoms with Gasteiger partial charge in [-0.25, -0.2) is 30.0 Å². The van der Waals surface area contributed by atoms with E-state index in [9.17, 15) is 67.2 Å². The van der Waals surface area contributed by atoms with Crippen LogP contribution in [0.25, 0.3) is 27.5 Å². The van der Waals surface area contributed by atoms with Gasteiger partial charge in [-0.3, -0.25) is 20.3 Å². The minimum absolute atomic E-state index is 0. The summed E-state index contributed by atoms with van der Waals surface area (Å²) in [5.41, 5.74) is -2.53. The summed E-state index contributed by atoms with van der Waals surface area (Å²) in [4.78, 5) is 38.2. The number of aromatic nitrogens is 5. The van der Waals surface area contributed by atoms with Crippen LogP contribution in [0.2, 0.25) is 5.02 Å². The number of hydrogen-bond donors (Lipinski definition) is 4. The molecular weight excluding hydrogens is 885 g/mol. The zero-order valence-electron chi connectivity index (χ0n) is 28.4. The largest absolute Gasteiger partial charge is 1.00 e. The molecular formula is C26H11ClF2N9Na3O13S3. The number of hydrogen-bond acceptors (Lipinski definition) is 19. The fourth-order valence-corrected chi connectivity index (χ4v) is 7.10. The zero-order chi connectivity index (χ0) is 39.7. The maximum absolute atomic E-state index is 13.9. The van der Waals surface area contributed by atoms with Gasteiger partial charge in [-0.15, -0.1) is 10.2 Å². The Balaban J connectivity index is 0.00000290. The van der Waals surface area contributed by atoms with E-state index in [1.807, 2.05) is 5.43 Å². The summed E-state index contributed by atoms with van der Waals surface area (Å²) in [7, 11) is -16.7. The third kappa shape index (κ3) is 10.0. The Labute approximate surface area is 387 Å². The van der Waals surface area contributed by atoms with Crippen LogP contribution < -0.4 is 105 Å². The molecule has 0 unspecified atom stereocenters. The van der Waals surface area contributed by atoms with Crippen molar-refractivity contribution in [2.24, 2.45) is 5.10 Å². The van der Waals surface area contributed by atoms with Gasteiger partial charge in [0, 0.05) is 22.5 Å². The number of nitrogens with one attached hydrogen (secondary N) is 3. The van der Waals surface area contributed by atoms with Crippen LogP contribution in [0.5, 0.6) is 0 Å². The van der Waals surface area contributed by atoms with Crippen molar-refractivity contribution < 1.29 is 156 Å². The number of carboxylic acid groups (broad SMARTS) is 1. The molecule has 0 radical (unpaired) electrons. The average Bonchev–Trinajstić information content (AvgIpc) is 3.48. The molecule has 6 rings (SSSR count). The Kier molecular flexibility index (Phi) is 14.9. The minimum atomic E-state index is -5.65. The molecule has 0 bridgehead atoms. The van der Waals surface area contributed by atoms with E-state index in [1.54, 1.807) is 5.32 Å². The molecule has 3 aromatic carbocycles. The normalized spacial score (nSPS) is 13.9. The van der Waals surface area contributed by atoms with Gasteiger partial charge in [-0.05, 0) is 36.4 Å². The molecule has 1 aliphatic rings. The fourth-order valence-electron chi connectivity index (χ4n) is 4.91. The molecule has 2 amide bonds. The van der Waals surface area contributed by atoms with E-state index in [4.69, 9.17) is 11.6 Å². The van der Waals surface area contributed by atoms with Gasteiger partial charge in [0.25, 0.3) is 11.8 Å². The SMILES string of the molecule is O=C1C=C(C(=O)O)/C(=N/Nc2ccc(-n3nc4cc(S(=O)(=O)[O-])c5cc(Nc6nc(F)nc(F)c6Cl)cc(S(=O)(=O)[O-])c5c4n3)cc2S(=O)(=O)[O-])C(=O)N1.[Na+].[Na+].[Na+]. The number of halogens is 3. The first-order chi connectivity index (χ1) is 25.0. The van der Waals surface area contributed by atoms with Crippen molar-refractivity contribution in [2.45, 2.75) is 14.7 Å². The number of benzene rings is 3. The van der Waals surface area contributed by atoms with Crippen molar-refractivity contribution in [2.75, 3.05) is 10.7 Å². The van der Waals surface area contributed by atoms with Gasteiger partial charge >= 0.3 is 101 Å². The zero-order valence-corrected chi connectivity index (χ0v) is 37.6. The molecule has 0 saturated heterocycles. The van der Waals surface area contributed by atoms with Crippen molar-refractivity contribution in [1.29, 1.82) is 0 Å². The maximum atomic E-state index is 13.9. The summed E-state index contributed by atoms with van der Waals surface area (Å²) in [6.07, 6.45) is -1.13. The number of nitrogens with zero attached hydrogens (tertiary/aromatic N) is 6.